The van der Waals surface area contributed by atoms with Gasteiger partial charge in [0.25, 0.3) is 0 Å². The molecule has 4 unspecified atom stereocenters. The number of nitrogens with one attached hydrogen (secondary N) is 1. The second-order valence-electron chi connectivity index (χ2n) is 7.25. The number of carboxylic acids is 1. The van der Waals surface area contributed by atoms with Crippen LogP contribution in [0.5, 0.6) is 0 Å². The molecule has 0 spiro atoms. The Labute approximate surface area is 122 Å². The van der Waals surface area contributed by atoms with E-state index in [4.69, 9.17) is 4.43 Å². The molecule has 116 valence electrons. The topological polar surface area (TPSA) is 78.5 Å². The second-order valence-corrected chi connectivity index (χ2v) is 12.0. The molecule has 6 heteroatoms. The van der Waals surface area contributed by atoms with E-state index >= 15 is 0 Å². The van der Waals surface area contributed by atoms with Crippen molar-refractivity contribution in [3.63, 3.8) is 0 Å². The van der Waals surface area contributed by atoms with Gasteiger partial charge in [0.2, 0.25) is 5.91 Å². The number of rotatable bonds is 5. The third kappa shape index (κ3) is 3.23. The van der Waals surface area contributed by atoms with Gasteiger partial charge in [-0.05, 0) is 25.1 Å². The predicted molar refractivity (Wildman–Crippen MR) is 77.3 cm³/mol. The lowest BCUT2D eigenvalue weighted by Crippen LogP contribution is -2.67. The molecule has 20 heavy (non-hydrogen) atoms. The maximum Gasteiger partial charge on any atom is 0.228 e. The van der Waals surface area contributed by atoms with Gasteiger partial charge in [-0.25, -0.2) is 0 Å². The van der Waals surface area contributed by atoms with Gasteiger partial charge in [0.15, 0.2) is 8.32 Å². The van der Waals surface area contributed by atoms with Crippen molar-refractivity contribution < 1.29 is 19.1 Å². The van der Waals surface area contributed by atoms with Crippen molar-refractivity contribution in [2.24, 2.45) is 11.8 Å². The Balaban J connectivity index is 2.78. The van der Waals surface area contributed by atoms with E-state index in [1.165, 1.54) is 0 Å². The van der Waals surface area contributed by atoms with Crippen LogP contribution in [0.25, 0.3) is 0 Å². The van der Waals surface area contributed by atoms with Gasteiger partial charge in [-0.1, -0.05) is 27.7 Å². The number of carbonyl (C=O) groups is 2. The van der Waals surface area contributed by atoms with Gasteiger partial charge >= 0.3 is 0 Å². The van der Waals surface area contributed by atoms with Crippen LogP contribution in [-0.4, -0.2) is 32.3 Å². The molecule has 1 amide bonds. The number of β-lactam (4-membered cyclic amide) rings is 1. The van der Waals surface area contributed by atoms with Crippen LogP contribution < -0.4 is 10.4 Å². The average molecular weight is 300 g/mol. The molecule has 0 bridgehead atoms. The molecule has 0 radical (unpaired) electrons. The minimum atomic E-state index is -1.98. The zero-order chi connectivity index (χ0) is 15.9. The highest BCUT2D eigenvalue weighted by Crippen LogP contribution is 2.39. The Morgan fingerprint density at radius 2 is 1.85 bits per heavy atom. The number of amides is 1. The van der Waals surface area contributed by atoms with Crippen LogP contribution in [0.4, 0.5) is 0 Å². The average Bonchev–Trinajstić information content (AvgIpc) is 2.21. The van der Waals surface area contributed by atoms with Crippen LogP contribution in [0.1, 0.15) is 34.6 Å². The number of hydrogen-bond acceptors (Lipinski definition) is 4. The molecule has 0 aromatic rings. The summed E-state index contributed by atoms with van der Waals surface area (Å²) in [7, 11) is -1.98. The summed E-state index contributed by atoms with van der Waals surface area (Å²) in [6.07, 6.45) is -0.281. The van der Waals surface area contributed by atoms with Gasteiger partial charge in [0.1, 0.15) is 0 Å². The van der Waals surface area contributed by atoms with Crippen LogP contribution >= 0.6 is 0 Å². The van der Waals surface area contributed by atoms with E-state index in [1.807, 2.05) is 6.92 Å². The van der Waals surface area contributed by atoms with Crippen LogP contribution in [0, 0.1) is 11.8 Å². The molecule has 1 N–H and O–H groups in total. The third-order valence-corrected chi connectivity index (χ3v) is 9.27. The predicted octanol–water partition coefficient (Wildman–Crippen LogP) is 0.897. The number of hydrogen-bond donors (Lipinski definition) is 1. The smallest absolute Gasteiger partial charge is 0.228 e. The fourth-order valence-electron chi connectivity index (χ4n) is 2.22. The van der Waals surface area contributed by atoms with Crippen LogP contribution in [0.2, 0.25) is 18.1 Å². The Morgan fingerprint density at radius 1 is 1.35 bits per heavy atom. The van der Waals surface area contributed by atoms with Gasteiger partial charge in [0.05, 0.1) is 18.1 Å². The maximum atomic E-state index is 11.8. The highest BCUT2D eigenvalue weighted by atomic mass is 28.4. The molecule has 1 fully saturated rings. The molecule has 0 saturated carbocycles. The zero-order valence-corrected chi connectivity index (χ0v) is 14.4. The number of carboxylic acid groups (broad SMARTS) is 1. The molecule has 1 heterocycles. The van der Waals surface area contributed by atoms with Gasteiger partial charge < -0.3 is 19.6 Å². The van der Waals surface area contributed by atoms with E-state index in [9.17, 15) is 14.7 Å². The molecule has 1 aliphatic heterocycles. The minimum Gasteiger partial charge on any atom is -0.550 e. The lowest BCUT2D eigenvalue weighted by Gasteiger charge is -2.47. The number of carbonyl (C=O) groups excluding carboxylic acids is 2. The largest absolute Gasteiger partial charge is 0.550 e. The summed E-state index contributed by atoms with van der Waals surface area (Å²) >= 11 is 0. The van der Waals surface area contributed by atoms with Crippen molar-refractivity contribution in [1.29, 1.82) is 0 Å². The summed E-state index contributed by atoms with van der Waals surface area (Å²) in [6.45, 7) is 14.1. The van der Waals surface area contributed by atoms with Crippen molar-refractivity contribution in [3.05, 3.63) is 0 Å². The molecule has 1 rings (SSSR count). The molecule has 0 aliphatic carbocycles. The van der Waals surface area contributed by atoms with Gasteiger partial charge in [-0.15, -0.1) is 0 Å². The Bertz CT molecular complexity index is 402. The van der Waals surface area contributed by atoms with E-state index in [2.05, 4.69) is 39.2 Å². The van der Waals surface area contributed by atoms with Crippen LogP contribution in [0.15, 0.2) is 0 Å². The Hall–Kier alpha value is -0.883. The summed E-state index contributed by atoms with van der Waals surface area (Å²) < 4.78 is 6.20. The Morgan fingerprint density at radius 3 is 2.20 bits per heavy atom. The maximum absolute atomic E-state index is 11.8. The fraction of sp³-hybridized carbons (Fsp3) is 0.857. The number of aliphatic carboxylic acids is 1. The molecule has 0 aromatic heterocycles. The Kier molecular flexibility index (Phi) is 4.71. The third-order valence-electron chi connectivity index (χ3n) is 4.70. The zero-order valence-electron chi connectivity index (χ0n) is 13.4. The van der Waals surface area contributed by atoms with Crippen LogP contribution in [-0.2, 0) is 14.0 Å². The van der Waals surface area contributed by atoms with Crippen molar-refractivity contribution in [1.82, 2.24) is 5.32 Å². The molecule has 1 aliphatic rings. The highest BCUT2D eigenvalue weighted by molar-refractivity contribution is 6.74. The quantitative estimate of drug-likeness (QED) is 0.604. The van der Waals surface area contributed by atoms with Crippen molar-refractivity contribution in [2.45, 2.75) is 64.9 Å². The SMILES string of the molecule is CC(O[Si](C)(C)C(C)(C)C)C1C(=O)NC1C(C)C(=O)[O-]. The van der Waals surface area contributed by atoms with Crippen LogP contribution in [0.3, 0.4) is 0 Å². The lowest BCUT2D eigenvalue weighted by atomic mass is 9.79. The summed E-state index contributed by atoms with van der Waals surface area (Å²) in [5, 5.41) is 13.7. The fourth-order valence-corrected chi connectivity index (χ4v) is 3.65. The standard InChI is InChI=1S/C14H27NO4Si/c1-8(13(17)18)11-10(12(16)15-11)9(2)19-20(6,7)14(3,4)5/h8-11H,1-7H3,(H,15,16)(H,17,18)/p-1. The summed E-state index contributed by atoms with van der Waals surface area (Å²) in [5.41, 5.74) is 0. The van der Waals surface area contributed by atoms with Gasteiger partial charge in [-0.2, -0.15) is 0 Å². The summed E-state index contributed by atoms with van der Waals surface area (Å²) in [5.74, 6) is -2.38. The molecule has 5 nitrogen and oxygen atoms in total. The van der Waals surface area contributed by atoms with Crippen molar-refractivity contribution >= 4 is 20.2 Å². The summed E-state index contributed by atoms with van der Waals surface area (Å²) in [6, 6.07) is -0.396. The normalized spacial score (nSPS) is 26.4. The van der Waals surface area contributed by atoms with E-state index in [0.29, 0.717) is 0 Å². The van der Waals surface area contributed by atoms with Crippen molar-refractivity contribution in [3.8, 4) is 0 Å². The van der Waals surface area contributed by atoms with Gasteiger partial charge in [-0.3, -0.25) is 4.79 Å². The second kappa shape index (κ2) is 5.48. The lowest BCUT2D eigenvalue weighted by molar-refractivity contribution is -0.312. The highest BCUT2D eigenvalue weighted by Gasteiger charge is 2.49. The molecule has 4 atom stereocenters. The first-order valence-corrected chi connectivity index (χ1v) is 9.98. The first-order chi connectivity index (χ1) is 8.88. The summed E-state index contributed by atoms with van der Waals surface area (Å²) in [4.78, 5) is 22.7. The molecular weight excluding hydrogens is 274 g/mol. The molecule has 0 aromatic carbocycles. The van der Waals surface area contributed by atoms with E-state index in [0.717, 1.165) is 0 Å². The minimum absolute atomic E-state index is 0.0525. The monoisotopic (exact) mass is 300 g/mol. The molecule has 1 saturated heterocycles. The first kappa shape index (κ1) is 17.2. The molecular formula is C14H26NO4Si-. The van der Waals surface area contributed by atoms with E-state index in [1.54, 1.807) is 6.92 Å². The van der Waals surface area contributed by atoms with E-state index in [-0.39, 0.29) is 17.0 Å². The first-order valence-electron chi connectivity index (χ1n) is 7.07. The van der Waals surface area contributed by atoms with Gasteiger partial charge in [0, 0.05) is 11.9 Å². The van der Waals surface area contributed by atoms with E-state index < -0.39 is 32.2 Å². The van der Waals surface area contributed by atoms with Crippen molar-refractivity contribution in [2.75, 3.05) is 0 Å².